The fourth-order valence-corrected chi connectivity index (χ4v) is 6.48. The third-order valence-corrected chi connectivity index (χ3v) is 8.67. The minimum absolute atomic E-state index is 0.00627. The van der Waals surface area contributed by atoms with Crippen molar-refractivity contribution >= 4 is 11.8 Å². The van der Waals surface area contributed by atoms with Gasteiger partial charge in [-0.15, -0.1) is 0 Å². The number of benzene rings is 1. The molecule has 1 fully saturated rings. The van der Waals surface area contributed by atoms with Gasteiger partial charge in [0.1, 0.15) is 35.9 Å². The Bertz CT molecular complexity index is 1340. The standard InChI is InChI=1S/C29H36N6O3/c1-5-17(2)25-28(36)32-24(21-12-19-8-6-7-9-20(19)13-21)29(37)35(25)26(23-16-38-18(3)31-23)27-30-14-22-15-33(4)10-11-34(22)27/h6-9,14,16-17,21,24-26H,5,10-13,15H2,1-4H3,(H,32,36)/t17-,24+,25+,26+/m0/s1. The lowest BCUT2D eigenvalue weighted by Gasteiger charge is -2.46. The molecule has 9 nitrogen and oxygen atoms in total. The molecule has 0 saturated carbocycles. The number of aromatic nitrogens is 3. The van der Waals surface area contributed by atoms with Gasteiger partial charge in [0.25, 0.3) is 0 Å². The van der Waals surface area contributed by atoms with Crippen molar-refractivity contribution in [3.8, 4) is 0 Å². The molecule has 1 N–H and O–H groups in total. The Hall–Kier alpha value is -3.46. The number of piperazine rings is 1. The number of carbonyl (C=O) groups excluding carboxylic acids is 2. The number of fused-ring (bicyclic) bond motifs is 2. The highest BCUT2D eigenvalue weighted by Crippen LogP contribution is 2.38. The van der Waals surface area contributed by atoms with E-state index in [9.17, 15) is 9.59 Å². The van der Waals surface area contributed by atoms with Gasteiger partial charge in [-0.3, -0.25) is 14.5 Å². The van der Waals surface area contributed by atoms with Crippen LogP contribution in [0.3, 0.4) is 0 Å². The van der Waals surface area contributed by atoms with Gasteiger partial charge in [-0.05, 0) is 42.9 Å². The highest BCUT2D eigenvalue weighted by molar-refractivity contribution is 5.98. The third-order valence-electron chi connectivity index (χ3n) is 8.67. The first-order valence-electron chi connectivity index (χ1n) is 13.7. The third kappa shape index (κ3) is 4.13. The number of imidazole rings is 1. The number of nitrogens with one attached hydrogen (secondary N) is 1. The molecule has 0 unspecified atom stereocenters. The summed E-state index contributed by atoms with van der Waals surface area (Å²) in [6, 6.07) is 6.47. The lowest BCUT2D eigenvalue weighted by Crippen LogP contribution is -2.67. The minimum Gasteiger partial charge on any atom is -0.449 e. The van der Waals surface area contributed by atoms with E-state index in [0.29, 0.717) is 11.6 Å². The van der Waals surface area contributed by atoms with Gasteiger partial charge in [0.15, 0.2) is 5.89 Å². The molecule has 0 bridgehead atoms. The molecule has 2 aliphatic heterocycles. The average Bonchev–Trinajstić information content (AvgIpc) is 3.64. The van der Waals surface area contributed by atoms with Crippen molar-refractivity contribution in [2.75, 3.05) is 13.6 Å². The van der Waals surface area contributed by atoms with Crippen LogP contribution in [0, 0.1) is 18.8 Å². The Balaban J connectivity index is 1.45. The number of aryl methyl sites for hydroxylation is 1. The number of likely N-dealkylation sites (N-methyl/N-ethyl adjacent to an activating group) is 1. The van der Waals surface area contributed by atoms with Crippen molar-refractivity contribution < 1.29 is 14.0 Å². The molecule has 4 atom stereocenters. The summed E-state index contributed by atoms with van der Waals surface area (Å²) in [6.07, 6.45) is 5.81. The SMILES string of the molecule is CC[C@H](C)[C@@H]1C(=O)N[C@H](C2Cc3ccccc3C2)C(=O)N1[C@H](c1coc(C)n1)c1ncc2n1CCN(C)C2. The van der Waals surface area contributed by atoms with Crippen LogP contribution < -0.4 is 5.32 Å². The lowest BCUT2D eigenvalue weighted by molar-refractivity contribution is -0.155. The van der Waals surface area contributed by atoms with E-state index in [1.54, 1.807) is 18.1 Å². The topological polar surface area (TPSA) is 96.5 Å². The molecule has 38 heavy (non-hydrogen) atoms. The summed E-state index contributed by atoms with van der Waals surface area (Å²) in [6.45, 7) is 8.32. The van der Waals surface area contributed by atoms with E-state index in [4.69, 9.17) is 9.40 Å². The van der Waals surface area contributed by atoms with Gasteiger partial charge >= 0.3 is 0 Å². The summed E-state index contributed by atoms with van der Waals surface area (Å²) in [4.78, 5) is 42.0. The Morgan fingerprint density at radius 3 is 2.55 bits per heavy atom. The maximum Gasteiger partial charge on any atom is 0.247 e. The normalized spacial score (nSPS) is 23.7. The van der Waals surface area contributed by atoms with E-state index in [0.717, 1.165) is 50.4 Å². The van der Waals surface area contributed by atoms with Gasteiger partial charge in [0.2, 0.25) is 11.8 Å². The quantitative estimate of drug-likeness (QED) is 0.541. The predicted octanol–water partition coefficient (Wildman–Crippen LogP) is 2.87. The molecule has 2 aromatic heterocycles. The maximum absolute atomic E-state index is 14.6. The monoisotopic (exact) mass is 516 g/mol. The number of amides is 2. The molecule has 1 aliphatic carbocycles. The second-order valence-corrected chi connectivity index (χ2v) is 11.2. The molecule has 0 radical (unpaired) electrons. The van der Waals surface area contributed by atoms with Crippen molar-refractivity contribution in [1.29, 1.82) is 0 Å². The summed E-state index contributed by atoms with van der Waals surface area (Å²) in [5.41, 5.74) is 4.21. The van der Waals surface area contributed by atoms with Gasteiger partial charge in [-0.2, -0.15) is 0 Å². The molecule has 3 aliphatic rings. The van der Waals surface area contributed by atoms with Crippen molar-refractivity contribution in [1.82, 2.24) is 29.7 Å². The van der Waals surface area contributed by atoms with Gasteiger partial charge in [-0.1, -0.05) is 44.5 Å². The van der Waals surface area contributed by atoms with Crippen molar-refractivity contribution in [3.63, 3.8) is 0 Å². The van der Waals surface area contributed by atoms with Crippen LogP contribution in [0.5, 0.6) is 0 Å². The molecule has 9 heteroatoms. The zero-order chi connectivity index (χ0) is 26.6. The first-order chi connectivity index (χ1) is 18.4. The first kappa shape index (κ1) is 24.9. The van der Waals surface area contributed by atoms with E-state index in [1.165, 1.54) is 11.1 Å². The van der Waals surface area contributed by atoms with Crippen LogP contribution in [0.1, 0.15) is 60.5 Å². The summed E-state index contributed by atoms with van der Waals surface area (Å²) in [7, 11) is 2.09. The second-order valence-electron chi connectivity index (χ2n) is 11.2. The Morgan fingerprint density at radius 1 is 1.16 bits per heavy atom. The Morgan fingerprint density at radius 2 is 1.89 bits per heavy atom. The zero-order valence-corrected chi connectivity index (χ0v) is 22.6. The van der Waals surface area contributed by atoms with E-state index >= 15 is 0 Å². The van der Waals surface area contributed by atoms with Crippen LogP contribution in [-0.2, 0) is 35.5 Å². The van der Waals surface area contributed by atoms with Crippen molar-refractivity contribution in [2.45, 2.75) is 71.2 Å². The predicted molar refractivity (Wildman–Crippen MR) is 141 cm³/mol. The van der Waals surface area contributed by atoms with Crippen molar-refractivity contribution in [3.05, 3.63) is 71.0 Å². The van der Waals surface area contributed by atoms with Gasteiger partial charge in [0.05, 0.1) is 5.69 Å². The Kier molecular flexibility index (Phi) is 6.34. The van der Waals surface area contributed by atoms with Crippen LogP contribution in [0.2, 0.25) is 0 Å². The number of oxazole rings is 1. The first-order valence-corrected chi connectivity index (χ1v) is 13.7. The largest absolute Gasteiger partial charge is 0.449 e. The van der Waals surface area contributed by atoms with Crippen LogP contribution in [0.4, 0.5) is 0 Å². The highest BCUT2D eigenvalue weighted by atomic mass is 16.3. The maximum atomic E-state index is 14.6. The van der Waals surface area contributed by atoms with Crippen LogP contribution in [0.25, 0.3) is 0 Å². The molecule has 200 valence electrons. The minimum atomic E-state index is -0.631. The van der Waals surface area contributed by atoms with E-state index in [-0.39, 0.29) is 23.7 Å². The van der Waals surface area contributed by atoms with E-state index < -0.39 is 18.1 Å². The fourth-order valence-electron chi connectivity index (χ4n) is 6.48. The molecule has 2 amide bonds. The Labute approximate surface area is 223 Å². The molecule has 1 aromatic carbocycles. The van der Waals surface area contributed by atoms with Crippen molar-refractivity contribution in [2.24, 2.45) is 11.8 Å². The lowest BCUT2D eigenvalue weighted by atomic mass is 9.86. The molecular weight excluding hydrogens is 480 g/mol. The molecule has 6 rings (SSSR count). The van der Waals surface area contributed by atoms with Gasteiger partial charge in [0, 0.05) is 32.8 Å². The van der Waals surface area contributed by atoms with Crippen LogP contribution >= 0.6 is 0 Å². The summed E-state index contributed by atoms with van der Waals surface area (Å²) < 4.78 is 7.85. The summed E-state index contributed by atoms with van der Waals surface area (Å²) >= 11 is 0. The zero-order valence-electron chi connectivity index (χ0n) is 22.6. The number of hydrogen-bond donors (Lipinski definition) is 1. The average molecular weight is 517 g/mol. The second kappa shape index (κ2) is 9.69. The molecular formula is C29H36N6O3. The van der Waals surface area contributed by atoms with Gasteiger partial charge in [-0.25, -0.2) is 9.97 Å². The number of carbonyl (C=O) groups is 2. The van der Waals surface area contributed by atoms with Crippen LogP contribution in [-0.4, -0.2) is 61.8 Å². The number of nitrogens with zero attached hydrogens (tertiary/aromatic N) is 5. The smallest absolute Gasteiger partial charge is 0.247 e. The number of rotatable bonds is 6. The van der Waals surface area contributed by atoms with E-state index in [2.05, 4.69) is 45.9 Å². The fraction of sp³-hybridized carbons (Fsp3) is 0.517. The summed E-state index contributed by atoms with van der Waals surface area (Å²) in [5.74, 6) is 1.06. The summed E-state index contributed by atoms with van der Waals surface area (Å²) in [5, 5.41) is 3.16. The molecule has 3 aromatic rings. The highest BCUT2D eigenvalue weighted by Gasteiger charge is 2.51. The molecule has 4 heterocycles. The number of hydrogen-bond acceptors (Lipinski definition) is 6. The van der Waals surface area contributed by atoms with Crippen LogP contribution in [0.15, 0.2) is 41.1 Å². The molecule has 0 spiro atoms. The van der Waals surface area contributed by atoms with E-state index in [1.807, 2.05) is 25.3 Å². The van der Waals surface area contributed by atoms with Gasteiger partial charge < -0.3 is 19.2 Å². The molecule has 1 saturated heterocycles.